The van der Waals surface area contributed by atoms with Crippen molar-refractivity contribution in [1.29, 1.82) is 0 Å². The highest BCUT2D eigenvalue weighted by atomic mass is 16.5. The molecule has 2 aromatic heterocycles. The number of hydroxylamine groups is 1. The lowest BCUT2D eigenvalue weighted by molar-refractivity contribution is -0.131. The minimum atomic E-state index is -0.414. The molecule has 0 saturated heterocycles. The molecular formula is C20H22N4O3. The first-order valence-electron chi connectivity index (χ1n) is 8.63. The van der Waals surface area contributed by atoms with Crippen LogP contribution in [0.2, 0.25) is 0 Å². The molecule has 0 radical (unpaired) electrons. The zero-order valence-electron chi connectivity index (χ0n) is 15.4. The van der Waals surface area contributed by atoms with Gasteiger partial charge in [0, 0.05) is 29.5 Å². The summed E-state index contributed by atoms with van der Waals surface area (Å²) in [7, 11) is 1.57. The molecule has 1 amide bonds. The lowest BCUT2D eigenvalue weighted by Crippen LogP contribution is -2.29. The Hall–Kier alpha value is -3.19. The van der Waals surface area contributed by atoms with Crippen LogP contribution in [0.3, 0.4) is 0 Å². The largest absolute Gasteiger partial charge is 0.481 e. The van der Waals surface area contributed by atoms with Crippen molar-refractivity contribution in [2.75, 3.05) is 12.4 Å². The first-order chi connectivity index (χ1) is 13.0. The summed E-state index contributed by atoms with van der Waals surface area (Å²) in [5.74, 6) is -0.257. The summed E-state index contributed by atoms with van der Waals surface area (Å²) in [4.78, 5) is 20.5. The number of pyridine rings is 2. The number of methoxy groups -OCH3 is 1. The van der Waals surface area contributed by atoms with Crippen LogP contribution in [0.1, 0.15) is 25.3 Å². The number of carbonyl (C=O) groups excluding carboxylic acids is 1. The molecule has 2 heterocycles. The van der Waals surface area contributed by atoms with Crippen molar-refractivity contribution < 1.29 is 14.7 Å². The molecule has 7 heteroatoms. The molecule has 27 heavy (non-hydrogen) atoms. The van der Waals surface area contributed by atoms with E-state index >= 15 is 0 Å². The molecule has 0 saturated carbocycles. The molecule has 7 nitrogen and oxygen atoms in total. The van der Waals surface area contributed by atoms with Crippen LogP contribution in [-0.2, 0) is 4.79 Å². The van der Waals surface area contributed by atoms with Gasteiger partial charge in [0.1, 0.15) is 0 Å². The quantitative estimate of drug-likeness (QED) is 0.455. The summed E-state index contributed by atoms with van der Waals surface area (Å²) >= 11 is 0. The third-order valence-electron chi connectivity index (χ3n) is 4.42. The van der Waals surface area contributed by atoms with Gasteiger partial charge in [0.15, 0.2) is 0 Å². The SMILES string of the molecule is COc1cc2nccc(Nc3ccc(C(C(=O)NO)C(C)C)cc3)c2cn1. The molecule has 3 rings (SSSR count). The second kappa shape index (κ2) is 8.01. The van der Waals surface area contributed by atoms with Gasteiger partial charge in [-0.3, -0.25) is 15.0 Å². The molecule has 0 fully saturated rings. The third-order valence-corrected chi connectivity index (χ3v) is 4.42. The summed E-state index contributed by atoms with van der Waals surface area (Å²) < 4.78 is 5.14. The fourth-order valence-electron chi connectivity index (χ4n) is 3.08. The molecule has 1 atom stereocenters. The van der Waals surface area contributed by atoms with Gasteiger partial charge < -0.3 is 10.1 Å². The predicted molar refractivity (Wildman–Crippen MR) is 103 cm³/mol. The van der Waals surface area contributed by atoms with E-state index in [-0.39, 0.29) is 5.92 Å². The van der Waals surface area contributed by atoms with Gasteiger partial charge in [-0.15, -0.1) is 0 Å². The van der Waals surface area contributed by atoms with E-state index in [1.807, 2.05) is 44.2 Å². The van der Waals surface area contributed by atoms with Gasteiger partial charge >= 0.3 is 0 Å². The van der Waals surface area contributed by atoms with Gasteiger partial charge in [0.25, 0.3) is 5.91 Å². The highest BCUT2D eigenvalue weighted by molar-refractivity contribution is 5.92. The third kappa shape index (κ3) is 3.98. The van der Waals surface area contributed by atoms with Gasteiger partial charge in [-0.05, 0) is 29.7 Å². The summed E-state index contributed by atoms with van der Waals surface area (Å²) in [5.41, 5.74) is 5.11. The van der Waals surface area contributed by atoms with Crippen LogP contribution in [0.4, 0.5) is 11.4 Å². The summed E-state index contributed by atoms with van der Waals surface area (Å²) in [5, 5.41) is 13.2. The van der Waals surface area contributed by atoms with Crippen LogP contribution in [-0.4, -0.2) is 28.2 Å². The number of anilines is 2. The average Bonchev–Trinajstić information content (AvgIpc) is 2.68. The van der Waals surface area contributed by atoms with E-state index in [2.05, 4.69) is 15.3 Å². The van der Waals surface area contributed by atoms with E-state index in [9.17, 15) is 4.79 Å². The molecule has 1 aromatic carbocycles. The van der Waals surface area contributed by atoms with E-state index in [0.29, 0.717) is 5.88 Å². The van der Waals surface area contributed by atoms with E-state index in [1.54, 1.807) is 31.0 Å². The highest BCUT2D eigenvalue weighted by Crippen LogP contribution is 2.29. The van der Waals surface area contributed by atoms with Crippen molar-refractivity contribution in [2.24, 2.45) is 5.92 Å². The number of carbonyl (C=O) groups is 1. The Balaban J connectivity index is 1.87. The van der Waals surface area contributed by atoms with Crippen molar-refractivity contribution in [3.05, 3.63) is 54.4 Å². The van der Waals surface area contributed by atoms with Crippen LogP contribution < -0.4 is 15.5 Å². The Morgan fingerprint density at radius 2 is 1.89 bits per heavy atom. The fourth-order valence-corrected chi connectivity index (χ4v) is 3.08. The first-order valence-corrected chi connectivity index (χ1v) is 8.63. The zero-order chi connectivity index (χ0) is 19.4. The van der Waals surface area contributed by atoms with E-state index < -0.39 is 11.8 Å². The number of hydrogen-bond acceptors (Lipinski definition) is 6. The number of benzene rings is 1. The zero-order valence-corrected chi connectivity index (χ0v) is 15.4. The normalized spacial score (nSPS) is 12.0. The molecule has 0 aliphatic heterocycles. The van der Waals surface area contributed by atoms with Gasteiger partial charge in [0.05, 0.1) is 24.2 Å². The standard InChI is InChI=1S/C20H22N4O3/c1-12(2)19(20(25)24-26)13-4-6-14(7-5-13)23-16-8-9-21-17-10-18(27-3)22-11-15(16)17/h4-12,19,26H,1-3H3,(H,21,23)(H,24,25). The Morgan fingerprint density at radius 3 is 2.52 bits per heavy atom. The van der Waals surface area contributed by atoms with E-state index in [4.69, 9.17) is 9.94 Å². The number of nitrogens with one attached hydrogen (secondary N) is 2. The molecular weight excluding hydrogens is 344 g/mol. The molecule has 3 aromatic rings. The summed E-state index contributed by atoms with van der Waals surface area (Å²) in [6.07, 6.45) is 3.44. The maximum atomic E-state index is 11.9. The number of fused-ring (bicyclic) bond motifs is 1. The molecule has 140 valence electrons. The maximum Gasteiger partial charge on any atom is 0.251 e. The van der Waals surface area contributed by atoms with Gasteiger partial charge in [-0.1, -0.05) is 26.0 Å². The van der Waals surface area contributed by atoms with Crippen molar-refractivity contribution in [1.82, 2.24) is 15.4 Å². The Kier molecular flexibility index (Phi) is 5.52. The van der Waals surface area contributed by atoms with Crippen molar-refractivity contribution in [3.63, 3.8) is 0 Å². The molecule has 0 spiro atoms. The monoisotopic (exact) mass is 366 g/mol. The van der Waals surface area contributed by atoms with Gasteiger partial charge in [-0.2, -0.15) is 0 Å². The molecule has 1 unspecified atom stereocenters. The van der Waals surface area contributed by atoms with Crippen molar-refractivity contribution >= 4 is 28.2 Å². The number of rotatable bonds is 6. The van der Waals surface area contributed by atoms with E-state index in [0.717, 1.165) is 27.8 Å². The van der Waals surface area contributed by atoms with Gasteiger partial charge in [0.2, 0.25) is 5.88 Å². The van der Waals surface area contributed by atoms with Crippen LogP contribution in [0.5, 0.6) is 5.88 Å². The number of amides is 1. The topological polar surface area (TPSA) is 96.4 Å². The lowest BCUT2D eigenvalue weighted by atomic mass is 9.88. The van der Waals surface area contributed by atoms with Crippen LogP contribution in [0, 0.1) is 5.92 Å². The van der Waals surface area contributed by atoms with Crippen LogP contribution in [0.25, 0.3) is 10.9 Å². The summed E-state index contributed by atoms with van der Waals surface area (Å²) in [6, 6.07) is 11.2. The fraction of sp³-hybridized carbons (Fsp3) is 0.250. The number of nitrogens with zero attached hydrogens (tertiary/aromatic N) is 2. The predicted octanol–water partition coefficient (Wildman–Crippen LogP) is 3.63. The minimum Gasteiger partial charge on any atom is -0.481 e. The second-order valence-electron chi connectivity index (χ2n) is 6.55. The van der Waals surface area contributed by atoms with Gasteiger partial charge in [-0.25, -0.2) is 10.5 Å². The lowest BCUT2D eigenvalue weighted by Gasteiger charge is -2.19. The Morgan fingerprint density at radius 1 is 1.15 bits per heavy atom. The number of aromatic nitrogens is 2. The van der Waals surface area contributed by atoms with E-state index in [1.165, 1.54) is 0 Å². The molecule has 0 bridgehead atoms. The highest BCUT2D eigenvalue weighted by Gasteiger charge is 2.23. The summed E-state index contributed by atoms with van der Waals surface area (Å²) in [6.45, 7) is 3.88. The van der Waals surface area contributed by atoms with Crippen LogP contribution >= 0.6 is 0 Å². The van der Waals surface area contributed by atoms with Crippen molar-refractivity contribution in [3.8, 4) is 5.88 Å². The Labute approximate surface area is 157 Å². The maximum absolute atomic E-state index is 11.9. The first kappa shape index (κ1) is 18.6. The minimum absolute atomic E-state index is 0.0566. The van der Waals surface area contributed by atoms with Crippen molar-refractivity contribution in [2.45, 2.75) is 19.8 Å². The van der Waals surface area contributed by atoms with Crippen LogP contribution in [0.15, 0.2) is 48.8 Å². The smallest absolute Gasteiger partial charge is 0.251 e. The molecule has 3 N–H and O–H groups in total. The molecule has 0 aliphatic rings. The second-order valence-corrected chi connectivity index (χ2v) is 6.55. The Bertz CT molecular complexity index is 942. The average molecular weight is 366 g/mol. The number of hydrogen-bond donors (Lipinski definition) is 3. The molecule has 0 aliphatic carbocycles. The number of ether oxygens (including phenoxy) is 1.